The number of H-pyrrole nitrogens is 1. The van der Waals surface area contributed by atoms with Gasteiger partial charge in [0.1, 0.15) is 17.6 Å². The summed E-state index contributed by atoms with van der Waals surface area (Å²) in [6.07, 6.45) is 4.84. The van der Waals surface area contributed by atoms with Crippen LogP contribution in [-0.4, -0.2) is 4.98 Å². The largest absolute Gasteiger partial charge is 0.811 e. The average Bonchev–Trinajstić information content (AvgIpc) is 3.12. The van der Waals surface area contributed by atoms with Gasteiger partial charge in [-0.15, -0.1) is 0 Å². The molecule has 1 aliphatic carbocycles. The Morgan fingerprint density at radius 2 is 1.77 bits per heavy atom. The topological polar surface area (TPSA) is 73.9 Å². The van der Waals surface area contributed by atoms with Crippen molar-refractivity contribution >= 4 is 40.0 Å². The molecule has 154 valence electrons. The van der Waals surface area contributed by atoms with Crippen LogP contribution in [0.15, 0.2) is 60.2 Å². The molecule has 0 aliphatic heterocycles. The summed E-state index contributed by atoms with van der Waals surface area (Å²) >= 11 is 0. The average molecular weight is 409 g/mol. The Morgan fingerprint density at radius 1 is 1.06 bits per heavy atom. The third-order valence-corrected chi connectivity index (χ3v) is 6.19. The normalized spacial score (nSPS) is 16.5. The van der Waals surface area contributed by atoms with Crippen molar-refractivity contribution in [3.63, 3.8) is 0 Å². The van der Waals surface area contributed by atoms with Crippen molar-refractivity contribution in [3.8, 4) is 11.5 Å². The number of aromatic nitrogens is 1. The standard InChI is InChI=1S/C27H24N2O2/c1-4-17-20(14-19-25(30)24(26(19)31)28-16-10-6-5-7-11-16)27(2,3)15-22-23(17)18-12-8-9-13-21(18)29-22/h5-15,28-29H,4H2,1-3H3. The summed E-state index contributed by atoms with van der Waals surface area (Å²) in [6, 6.07) is 17.6. The molecule has 0 saturated carbocycles. The van der Waals surface area contributed by atoms with Gasteiger partial charge in [-0.25, -0.2) is 0 Å². The smallest absolute Gasteiger partial charge is 0.196 e. The van der Waals surface area contributed by atoms with Crippen LogP contribution in [-0.2, 0) is 0 Å². The van der Waals surface area contributed by atoms with E-state index in [1.54, 1.807) is 0 Å². The van der Waals surface area contributed by atoms with Gasteiger partial charge in [-0.05, 0) is 44.5 Å². The molecule has 1 aliphatic rings. The summed E-state index contributed by atoms with van der Waals surface area (Å²) in [5.41, 5.74) is 4.13. The van der Waals surface area contributed by atoms with Crippen molar-refractivity contribution in [2.24, 2.45) is 5.41 Å². The van der Waals surface area contributed by atoms with Crippen molar-refractivity contribution in [2.45, 2.75) is 27.2 Å². The first kappa shape index (κ1) is 19.3. The highest BCUT2D eigenvalue weighted by Crippen LogP contribution is 2.48. The minimum Gasteiger partial charge on any atom is -0.811 e. The molecule has 0 unspecified atom stereocenters. The van der Waals surface area contributed by atoms with Gasteiger partial charge in [-0.2, -0.15) is 0 Å². The Kier molecular flexibility index (Phi) is 4.33. The first-order valence-corrected chi connectivity index (χ1v) is 10.6. The Morgan fingerprint density at radius 3 is 2.48 bits per heavy atom. The van der Waals surface area contributed by atoms with Gasteiger partial charge in [0.2, 0.25) is 0 Å². The number of anilines is 2. The van der Waals surface area contributed by atoms with Crippen LogP contribution in [0.5, 0.6) is 11.5 Å². The van der Waals surface area contributed by atoms with Gasteiger partial charge < -0.3 is 15.2 Å². The number of hydrogen-bond acceptors (Lipinski definition) is 3. The lowest BCUT2D eigenvalue weighted by Crippen LogP contribution is -2.35. The molecule has 3 aromatic carbocycles. The van der Waals surface area contributed by atoms with E-state index in [2.05, 4.69) is 49.3 Å². The fourth-order valence-corrected chi connectivity index (χ4v) is 4.67. The number of nitrogens with one attached hydrogen (secondary N) is 2. The molecule has 0 amide bonds. The lowest BCUT2D eigenvalue weighted by Gasteiger charge is -2.26. The summed E-state index contributed by atoms with van der Waals surface area (Å²) in [4.78, 5) is 3.53. The maximum atomic E-state index is 12.8. The zero-order chi connectivity index (χ0) is 21.8. The molecule has 2 N–H and O–H groups in total. The van der Waals surface area contributed by atoms with E-state index in [-0.39, 0.29) is 28.2 Å². The van der Waals surface area contributed by atoms with Gasteiger partial charge >= 0.3 is 0 Å². The van der Waals surface area contributed by atoms with Gasteiger partial charge in [0, 0.05) is 32.7 Å². The van der Waals surface area contributed by atoms with E-state index in [0.29, 0.717) is 0 Å². The van der Waals surface area contributed by atoms with Gasteiger partial charge in [0.15, 0.2) is 11.3 Å². The van der Waals surface area contributed by atoms with Crippen LogP contribution in [0.2, 0.25) is 0 Å². The first-order valence-electron chi connectivity index (χ1n) is 10.6. The molecular formula is C27H24N2O2. The van der Waals surface area contributed by atoms with Crippen molar-refractivity contribution < 1.29 is 10.2 Å². The summed E-state index contributed by atoms with van der Waals surface area (Å²) < 4.78 is 0. The highest BCUT2D eigenvalue weighted by atomic mass is 16.3. The predicted molar refractivity (Wildman–Crippen MR) is 124 cm³/mol. The third kappa shape index (κ3) is 2.98. The number of benzene rings is 2. The van der Waals surface area contributed by atoms with E-state index in [0.717, 1.165) is 28.5 Å². The maximum absolute atomic E-state index is 12.8. The number of para-hydroxylation sites is 2. The molecular weight excluding hydrogens is 384 g/mol. The van der Waals surface area contributed by atoms with Crippen molar-refractivity contribution in [1.29, 1.82) is 0 Å². The highest BCUT2D eigenvalue weighted by Gasteiger charge is 2.35. The molecule has 4 aromatic rings. The van der Waals surface area contributed by atoms with Gasteiger partial charge in [0.05, 0.1) is 11.0 Å². The molecule has 4 nitrogen and oxygen atoms in total. The van der Waals surface area contributed by atoms with E-state index < -0.39 is 0 Å². The number of allylic oxidation sites excluding steroid dienone is 1. The molecule has 0 saturated heterocycles. The van der Waals surface area contributed by atoms with Crippen LogP contribution in [0.4, 0.5) is 11.4 Å². The van der Waals surface area contributed by atoms with Crippen LogP contribution >= 0.6 is 0 Å². The molecule has 0 atom stereocenters. The minimum absolute atomic E-state index is 0.140. The molecule has 5 rings (SSSR count). The lowest BCUT2D eigenvalue weighted by atomic mass is 9.74. The second-order valence-electron chi connectivity index (χ2n) is 8.65. The van der Waals surface area contributed by atoms with Crippen molar-refractivity contribution in [3.05, 3.63) is 76.3 Å². The minimum atomic E-state index is -0.310. The van der Waals surface area contributed by atoms with E-state index in [1.165, 1.54) is 16.2 Å². The van der Waals surface area contributed by atoms with Gasteiger partial charge in [-0.1, -0.05) is 43.3 Å². The SMILES string of the molecule is CCC1=c2c([nH]c3ccccc23)=CC(C)(C)C1=C[c+]1c([O-])c(Nc2ccccc2)[c+]1[O-]. The summed E-state index contributed by atoms with van der Waals surface area (Å²) in [5.74, 6) is -0.449. The molecule has 0 spiro atoms. The summed E-state index contributed by atoms with van der Waals surface area (Å²) in [7, 11) is 0. The summed E-state index contributed by atoms with van der Waals surface area (Å²) in [6.45, 7) is 6.38. The molecule has 31 heavy (non-hydrogen) atoms. The quantitative estimate of drug-likeness (QED) is 0.502. The number of hydrogen-bond donors (Lipinski definition) is 2. The van der Waals surface area contributed by atoms with Crippen LogP contribution in [0.3, 0.4) is 0 Å². The molecule has 0 radical (unpaired) electrons. The number of rotatable bonds is 4. The zero-order valence-corrected chi connectivity index (χ0v) is 17.9. The summed E-state index contributed by atoms with van der Waals surface area (Å²) in [5, 5.41) is 32.1. The van der Waals surface area contributed by atoms with Gasteiger partial charge in [-0.3, -0.25) is 5.32 Å². The van der Waals surface area contributed by atoms with Crippen LogP contribution in [0.1, 0.15) is 32.8 Å². The van der Waals surface area contributed by atoms with Crippen molar-refractivity contribution in [2.75, 3.05) is 5.32 Å². The Hall–Kier alpha value is -3.66. The van der Waals surface area contributed by atoms with E-state index in [4.69, 9.17) is 0 Å². The number of fused-ring (bicyclic) bond motifs is 3. The van der Waals surface area contributed by atoms with Crippen LogP contribution < -0.4 is 26.1 Å². The van der Waals surface area contributed by atoms with Crippen LogP contribution in [0.25, 0.3) is 28.6 Å². The van der Waals surface area contributed by atoms with E-state index in [1.807, 2.05) is 48.5 Å². The molecule has 0 bridgehead atoms. The molecule has 1 aromatic heterocycles. The van der Waals surface area contributed by atoms with E-state index >= 15 is 0 Å². The molecule has 4 heteroatoms. The Labute approximate surface area is 181 Å². The predicted octanol–water partition coefficient (Wildman–Crippen LogP) is 3.96. The third-order valence-electron chi connectivity index (χ3n) is 6.19. The Balaban J connectivity index is 1.66. The second kappa shape index (κ2) is 6.95. The Bertz CT molecular complexity index is 1410. The lowest BCUT2D eigenvalue weighted by molar-refractivity contribution is -0.290. The molecule has 1 heterocycles. The van der Waals surface area contributed by atoms with Crippen molar-refractivity contribution in [1.82, 2.24) is 4.98 Å². The van der Waals surface area contributed by atoms with Gasteiger partial charge in [0.25, 0.3) is 0 Å². The fourth-order valence-electron chi connectivity index (χ4n) is 4.67. The highest BCUT2D eigenvalue weighted by molar-refractivity contribution is 5.94. The maximum Gasteiger partial charge on any atom is 0.196 e. The van der Waals surface area contributed by atoms with E-state index in [9.17, 15) is 10.2 Å². The first-order chi connectivity index (χ1) is 14.9. The number of aromatic amines is 1. The molecule has 0 fully saturated rings. The van der Waals surface area contributed by atoms with Crippen LogP contribution in [0, 0.1) is 5.41 Å². The fraction of sp³-hybridized carbons (Fsp3) is 0.185. The monoisotopic (exact) mass is 408 g/mol. The second-order valence-corrected chi connectivity index (χ2v) is 8.65. The zero-order valence-electron chi connectivity index (χ0n) is 17.9.